The summed E-state index contributed by atoms with van der Waals surface area (Å²) in [6.45, 7) is 52.5. The number of carboxylic acid groups (broad SMARTS) is 3. The standard InChI is InChI=1S/2C11H21NO3.C10H19NO3.C8H17NO.4C2H4O.4C2H6/c1-7(2)11(15)9(12-8(3)4)5-6-10(13)14;1-7(2)10(13)6-5-9(11(14)15)12-8(3)4;1-6(2)10(14)8(5-9(12)13)11-7(3)4;1-6(2)8(10)5-9-7(3)4;4*1-2-3;4*1-2/h7-9,12H,5-6H2,1-4H3,(H,13,14);7-9,12H,5-6H2,1-4H3,(H,14,15);6-8,11H,5H2,1-4H3,(H,12,13);6-7,9H,5H2,1-4H3;4*2H,1H3;4*1-2H3. The highest BCUT2D eigenvalue weighted by atomic mass is 16.4. The van der Waals surface area contributed by atoms with Crippen LogP contribution < -0.4 is 21.3 Å². The third-order valence-corrected chi connectivity index (χ3v) is 7.40. The number of hydrogen-bond donors (Lipinski definition) is 7. The lowest BCUT2D eigenvalue weighted by molar-refractivity contribution is -0.140. The van der Waals surface area contributed by atoms with E-state index in [1.54, 1.807) is 13.8 Å². The van der Waals surface area contributed by atoms with E-state index >= 15 is 0 Å². The Labute approximate surface area is 452 Å². The molecule has 0 radical (unpaired) electrons. The molecule has 74 heavy (non-hydrogen) atoms. The number of Topliss-reactive ketones (excluding diaryl/α,β-unsaturated/α-hetero) is 4. The van der Waals surface area contributed by atoms with E-state index in [1.165, 1.54) is 27.7 Å². The fraction of sp³-hybridized carbons (Fsp3) is 0.804. The molecular formula is C56H118N4O14. The summed E-state index contributed by atoms with van der Waals surface area (Å²) in [6.07, 6.45) is 3.95. The van der Waals surface area contributed by atoms with Crippen LogP contribution in [0.15, 0.2) is 0 Å². The number of nitrogens with one attached hydrogen (secondary N) is 4. The third kappa shape index (κ3) is 101. The van der Waals surface area contributed by atoms with Crippen LogP contribution in [0.5, 0.6) is 0 Å². The van der Waals surface area contributed by atoms with Crippen LogP contribution in [-0.4, -0.2) is 130 Å². The minimum absolute atomic E-state index is 0.0153. The lowest BCUT2D eigenvalue weighted by atomic mass is 9.97. The smallest absolute Gasteiger partial charge is 0.320 e. The summed E-state index contributed by atoms with van der Waals surface area (Å²) in [5.74, 6) is -2.29. The van der Waals surface area contributed by atoms with Gasteiger partial charge in [-0.25, -0.2) is 0 Å². The van der Waals surface area contributed by atoms with E-state index in [1.807, 2.05) is 152 Å². The monoisotopic (exact) mass is 1070 g/mol. The average molecular weight is 1070 g/mol. The van der Waals surface area contributed by atoms with Crippen molar-refractivity contribution in [2.24, 2.45) is 23.7 Å². The van der Waals surface area contributed by atoms with Crippen molar-refractivity contribution in [1.29, 1.82) is 0 Å². The fourth-order valence-electron chi connectivity index (χ4n) is 4.37. The van der Waals surface area contributed by atoms with Gasteiger partial charge < -0.3 is 55.8 Å². The van der Waals surface area contributed by atoms with Crippen molar-refractivity contribution in [3.8, 4) is 0 Å². The lowest BCUT2D eigenvalue weighted by Gasteiger charge is -2.21. The zero-order valence-electron chi connectivity index (χ0n) is 52.2. The van der Waals surface area contributed by atoms with Crippen molar-refractivity contribution in [3.05, 3.63) is 0 Å². The Morgan fingerprint density at radius 3 is 0.878 bits per heavy atom. The molecule has 0 aromatic rings. The maximum atomic E-state index is 11.7. The Kier molecular flexibility index (Phi) is 103. The van der Waals surface area contributed by atoms with Gasteiger partial charge in [-0.05, 0) is 40.5 Å². The second-order valence-corrected chi connectivity index (χ2v) is 16.9. The zero-order chi connectivity index (χ0) is 62.3. The molecule has 3 unspecified atom stereocenters. The minimum Gasteiger partial charge on any atom is -0.481 e. The Morgan fingerprint density at radius 1 is 0.378 bits per heavy atom. The Bertz CT molecular complexity index is 1280. The van der Waals surface area contributed by atoms with Crippen molar-refractivity contribution in [1.82, 2.24) is 21.3 Å². The number of carbonyl (C=O) groups is 11. The van der Waals surface area contributed by atoms with Crippen LogP contribution in [-0.2, 0) is 52.7 Å². The first-order chi connectivity index (χ1) is 34.2. The molecule has 0 bridgehead atoms. The molecule has 0 amide bonds. The highest BCUT2D eigenvalue weighted by molar-refractivity contribution is 5.89. The first-order valence-corrected chi connectivity index (χ1v) is 26.6. The van der Waals surface area contributed by atoms with Crippen LogP contribution in [0.2, 0.25) is 0 Å². The van der Waals surface area contributed by atoms with Crippen molar-refractivity contribution < 1.29 is 68.1 Å². The van der Waals surface area contributed by atoms with Crippen molar-refractivity contribution in [2.75, 3.05) is 6.54 Å². The third-order valence-electron chi connectivity index (χ3n) is 7.40. The van der Waals surface area contributed by atoms with Crippen LogP contribution in [0.1, 0.15) is 226 Å². The normalized spacial score (nSPS) is 10.4. The van der Waals surface area contributed by atoms with Crippen LogP contribution in [0.3, 0.4) is 0 Å². The van der Waals surface area contributed by atoms with Gasteiger partial charge in [0.25, 0.3) is 0 Å². The molecule has 0 aliphatic rings. The van der Waals surface area contributed by atoms with Gasteiger partial charge in [-0.3, -0.25) is 33.6 Å². The fourth-order valence-corrected chi connectivity index (χ4v) is 4.37. The lowest BCUT2D eigenvalue weighted by Crippen LogP contribution is -2.44. The molecular weight excluding hydrogens is 953 g/mol. The van der Waals surface area contributed by atoms with Gasteiger partial charge in [0.2, 0.25) is 0 Å². The van der Waals surface area contributed by atoms with Crippen LogP contribution in [0, 0.1) is 23.7 Å². The van der Waals surface area contributed by atoms with E-state index in [-0.39, 0.29) is 83.8 Å². The van der Waals surface area contributed by atoms with Crippen LogP contribution in [0.25, 0.3) is 0 Å². The summed E-state index contributed by atoms with van der Waals surface area (Å²) in [7, 11) is 0. The van der Waals surface area contributed by atoms with Gasteiger partial charge in [0.15, 0.2) is 11.6 Å². The van der Waals surface area contributed by atoms with Gasteiger partial charge in [-0.2, -0.15) is 0 Å². The molecule has 18 heteroatoms. The van der Waals surface area contributed by atoms with E-state index in [0.29, 0.717) is 31.8 Å². The number of carboxylic acids is 3. The number of aliphatic carboxylic acids is 3. The predicted octanol–water partition coefficient (Wildman–Crippen LogP) is 10.1. The molecule has 7 N–H and O–H groups in total. The number of ketones is 4. The second kappa shape index (κ2) is 77.5. The van der Waals surface area contributed by atoms with Crippen LogP contribution >= 0.6 is 0 Å². The average Bonchev–Trinajstić information content (AvgIpc) is 3.31. The summed E-state index contributed by atoms with van der Waals surface area (Å²) >= 11 is 0. The van der Waals surface area contributed by atoms with Crippen LogP contribution in [0.4, 0.5) is 0 Å². The van der Waals surface area contributed by atoms with E-state index in [4.69, 9.17) is 34.5 Å². The topological polar surface area (TPSA) is 297 Å². The molecule has 0 fully saturated rings. The number of carbonyl (C=O) groups excluding carboxylic acids is 8. The minimum atomic E-state index is -0.947. The van der Waals surface area contributed by atoms with Gasteiger partial charge in [-0.15, -0.1) is 0 Å². The van der Waals surface area contributed by atoms with E-state index in [9.17, 15) is 33.6 Å². The predicted molar refractivity (Wildman–Crippen MR) is 307 cm³/mol. The van der Waals surface area contributed by atoms with Crippen molar-refractivity contribution in [2.45, 2.75) is 268 Å². The molecule has 0 heterocycles. The first kappa shape index (κ1) is 98.7. The zero-order valence-corrected chi connectivity index (χ0v) is 52.2. The molecule has 0 aromatic carbocycles. The van der Waals surface area contributed by atoms with Crippen molar-refractivity contribution >= 4 is 66.2 Å². The summed E-state index contributed by atoms with van der Waals surface area (Å²) < 4.78 is 0. The number of hydrogen-bond acceptors (Lipinski definition) is 15. The molecule has 0 aromatic heterocycles. The molecule has 18 nitrogen and oxygen atoms in total. The number of aldehydes is 4. The molecule has 446 valence electrons. The quantitative estimate of drug-likeness (QED) is 0.0442. The second-order valence-electron chi connectivity index (χ2n) is 16.9. The Hall–Kier alpha value is -4.39. The van der Waals surface area contributed by atoms with Gasteiger partial charge in [0.1, 0.15) is 42.8 Å². The Morgan fingerprint density at radius 2 is 0.649 bits per heavy atom. The van der Waals surface area contributed by atoms with Crippen molar-refractivity contribution in [3.63, 3.8) is 0 Å². The van der Waals surface area contributed by atoms with Gasteiger partial charge in [-0.1, -0.05) is 166 Å². The van der Waals surface area contributed by atoms with E-state index in [2.05, 4.69) is 21.3 Å². The molecule has 0 saturated heterocycles. The van der Waals surface area contributed by atoms with Gasteiger partial charge in [0.05, 0.1) is 25.0 Å². The summed E-state index contributed by atoms with van der Waals surface area (Å²) in [5, 5.41) is 38.2. The Balaban J connectivity index is -0.0000000620. The molecule has 0 aliphatic heterocycles. The maximum Gasteiger partial charge on any atom is 0.320 e. The first-order valence-electron chi connectivity index (χ1n) is 26.6. The van der Waals surface area contributed by atoms with Gasteiger partial charge in [0, 0.05) is 60.7 Å². The molecule has 3 atom stereocenters. The summed E-state index contributed by atoms with van der Waals surface area (Å²) in [4.78, 5) is 113. The molecule has 0 saturated carbocycles. The maximum absolute atomic E-state index is 11.7. The highest BCUT2D eigenvalue weighted by Crippen LogP contribution is 2.08. The molecule has 0 aliphatic carbocycles. The van der Waals surface area contributed by atoms with Gasteiger partial charge >= 0.3 is 17.9 Å². The summed E-state index contributed by atoms with van der Waals surface area (Å²) in [5.41, 5.74) is 0. The molecule has 0 spiro atoms. The van der Waals surface area contributed by atoms with E-state index in [0.717, 1.165) is 25.1 Å². The SMILES string of the molecule is CC.CC.CC.CC.CC(C)NC(CC(=O)O)C(=O)C(C)C.CC(C)NC(CCC(=O)C(C)C)C(=O)O.CC(C)NC(CCC(=O)O)C(=O)C(C)C.CC(C)NCC(=O)C(C)C.CC=O.CC=O.CC=O.CC=O. The highest BCUT2D eigenvalue weighted by Gasteiger charge is 2.25. The largest absolute Gasteiger partial charge is 0.481 e. The number of rotatable bonds is 24. The summed E-state index contributed by atoms with van der Waals surface area (Å²) in [6, 6.07) is -0.696. The molecule has 0 rings (SSSR count). The van der Waals surface area contributed by atoms with E-state index < -0.39 is 30.0 Å².